The lowest BCUT2D eigenvalue weighted by Crippen LogP contribution is -2.35. The highest BCUT2D eigenvalue weighted by Gasteiger charge is 2.29. The van der Waals surface area contributed by atoms with Gasteiger partial charge in [-0.3, -0.25) is 0 Å². The third-order valence-electron chi connectivity index (χ3n) is 6.68. The van der Waals surface area contributed by atoms with Gasteiger partial charge < -0.3 is 9.30 Å². The molecule has 35 heavy (non-hydrogen) atoms. The second-order valence-corrected chi connectivity index (χ2v) is 10.6. The van der Waals surface area contributed by atoms with Crippen LogP contribution < -0.4 is 4.74 Å². The Hall–Kier alpha value is -3.42. The summed E-state index contributed by atoms with van der Waals surface area (Å²) in [6, 6.07) is 21.9. The first kappa shape index (κ1) is 23.3. The lowest BCUT2D eigenvalue weighted by molar-refractivity contribution is 0.414. The van der Waals surface area contributed by atoms with Gasteiger partial charge in [0.1, 0.15) is 16.5 Å². The number of halogens is 1. The molecule has 5 nitrogen and oxygen atoms in total. The Kier molecular flexibility index (Phi) is 6.21. The van der Waals surface area contributed by atoms with E-state index in [1.165, 1.54) is 28.1 Å². The van der Waals surface area contributed by atoms with Crippen LogP contribution in [0.15, 0.2) is 83.8 Å². The van der Waals surface area contributed by atoms with Gasteiger partial charge in [0.2, 0.25) is 10.0 Å². The summed E-state index contributed by atoms with van der Waals surface area (Å²) in [5, 5.41) is 1.15. The molecular formula is C28H27FN2O3S. The van der Waals surface area contributed by atoms with Crippen LogP contribution in [0.3, 0.4) is 0 Å². The Bertz CT molecular complexity index is 1520. The highest BCUT2D eigenvalue weighted by molar-refractivity contribution is 7.89. The van der Waals surface area contributed by atoms with Gasteiger partial charge in [0.05, 0.1) is 7.11 Å². The molecule has 0 fully saturated rings. The molecule has 180 valence electrons. The standard InChI is InChI=1S/C28H27FN2O3S/c1-20-28(22-15-17-30(18-16-22)35(32,33)27-10-6-4-8-25(27)29)24-7-3-5-9-26(24)31(20)19-21-11-13-23(34-2)14-12-21/h3-15H,16-19H2,1-2H3. The predicted octanol–water partition coefficient (Wildman–Crippen LogP) is 5.62. The second kappa shape index (κ2) is 9.32. The minimum absolute atomic E-state index is 0.212. The van der Waals surface area contributed by atoms with E-state index < -0.39 is 15.8 Å². The zero-order chi connectivity index (χ0) is 24.6. The average Bonchev–Trinajstić information content (AvgIpc) is 3.16. The SMILES string of the molecule is COc1ccc(Cn2c(C)c(C3=CCN(S(=O)(=O)c4ccccc4F)CC3)c3ccccc32)cc1. The molecule has 1 aromatic heterocycles. The maximum Gasteiger partial charge on any atom is 0.246 e. The number of methoxy groups -OCH3 is 1. The van der Waals surface area contributed by atoms with Crippen molar-refractivity contribution in [2.45, 2.75) is 24.8 Å². The van der Waals surface area contributed by atoms with Crippen LogP contribution in [0.2, 0.25) is 0 Å². The summed E-state index contributed by atoms with van der Waals surface area (Å²) in [6.45, 7) is 3.35. The molecule has 0 radical (unpaired) electrons. The van der Waals surface area contributed by atoms with Crippen LogP contribution in [0.25, 0.3) is 16.5 Å². The summed E-state index contributed by atoms with van der Waals surface area (Å²) < 4.78 is 49.2. The molecule has 0 spiro atoms. The van der Waals surface area contributed by atoms with Crippen molar-refractivity contribution in [1.82, 2.24) is 8.87 Å². The molecular weight excluding hydrogens is 463 g/mol. The topological polar surface area (TPSA) is 51.5 Å². The molecule has 2 heterocycles. The molecule has 0 saturated heterocycles. The smallest absolute Gasteiger partial charge is 0.246 e. The van der Waals surface area contributed by atoms with E-state index >= 15 is 0 Å². The molecule has 0 unspecified atom stereocenters. The van der Waals surface area contributed by atoms with Crippen molar-refractivity contribution in [3.05, 3.63) is 102 Å². The molecule has 0 bridgehead atoms. The van der Waals surface area contributed by atoms with Gasteiger partial charge in [0.15, 0.2) is 0 Å². The minimum Gasteiger partial charge on any atom is -0.497 e. The van der Waals surface area contributed by atoms with Crippen LogP contribution in [-0.4, -0.2) is 37.5 Å². The zero-order valence-corrected chi connectivity index (χ0v) is 20.6. The first-order chi connectivity index (χ1) is 16.9. The largest absolute Gasteiger partial charge is 0.497 e. The summed E-state index contributed by atoms with van der Waals surface area (Å²) in [5.74, 6) is 0.102. The first-order valence-electron chi connectivity index (χ1n) is 11.5. The molecule has 0 saturated carbocycles. The Morgan fingerprint density at radius 3 is 2.37 bits per heavy atom. The van der Waals surface area contributed by atoms with E-state index in [0.717, 1.165) is 40.0 Å². The molecule has 0 atom stereocenters. The fourth-order valence-corrected chi connectivity index (χ4v) is 6.29. The number of nitrogens with zero attached hydrogens (tertiary/aromatic N) is 2. The molecule has 7 heteroatoms. The minimum atomic E-state index is -3.89. The summed E-state index contributed by atoms with van der Waals surface area (Å²) in [6.07, 6.45) is 2.53. The van der Waals surface area contributed by atoms with E-state index in [-0.39, 0.29) is 11.4 Å². The number of aromatic nitrogens is 1. The van der Waals surface area contributed by atoms with Crippen molar-refractivity contribution in [1.29, 1.82) is 0 Å². The molecule has 3 aromatic carbocycles. The van der Waals surface area contributed by atoms with Gasteiger partial charge in [-0.15, -0.1) is 0 Å². The van der Waals surface area contributed by atoms with Crippen LogP contribution in [0.4, 0.5) is 4.39 Å². The van der Waals surface area contributed by atoms with E-state index in [2.05, 4.69) is 35.8 Å². The number of hydrogen-bond donors (Lipinski definition) is 0. The highest BCUT2D eigenvalue weighted by atomic mass is 32.2. The molecule has 0 amide bonds. The lowest BCUT2D eigenvalue weighted by Gasteiger charge is -2.26. The molecule has 5 rings (SSSR count). The Labute approximate surface area is 205 Å². The van der Waals surface area contributed by atoms with Gasteiger partial charge in [-0.05, 0) is 54.8 Å². The average molecular weight is 491 g/mol. The Morgan fingerprint density at radius 2 is 1.69 bits per heavy atom. The van der Waals surface area contributed by atoms with Crippen molar-refractivity contribution in [3.8, 4) is 5.75 Å². The molecule has 4 aromatic rings. The van der Waals surface area contributed by atoms with Crippen molar-refractivity contribution in [2.75, 3.05) is 20.2 Å². The van der Waals surface area contributed by atoms with Gasteiger partial charge in [-0.1, -0.05) is 48.5 Å². The van der Waals surface area contributed by atoms with Crippen molar-refractivity contribution >= 4 is 26.5 Å². The molecule has 1 aliphatic rings. The summed E-state index contributed by atoms with van der Waals surface area (Å²) in [7, 11) is -2.24. The zero-order valence-electron chi connectivity index (χ0n) is 19.7. The number of ether oxygens (including phenoxy) is 1. The predicted molar refractivity (Wildman–Crippen MR) is 137 cm³/mol. The highest BCUT2D eigenvalue weighted by Crippen LogP contribution is 2.36. The van der Waals surface area contributed by atoms with Crippen molar-refractivity contribution < 1.29 is 17.5 Å². The quantitative estimate of drug-likeness (QED) is 0.352. The summed E-state index contributed by atoms with van der Waals surface area (Å²) in [4.78, 5) is -0.274. The van der Waals surface area contributed by atoms with E-state index in [9.17, 15) is 12.8 Å². The maximum atomic E-state index is 14.2. The maximum absolute atomic E-state index is 14.2. The van der Waals surface area contributed by atoms with Crippen LogP contribution in [0, 0.1) is 12.7 Å². The van der Waals surface area contributed by atoms with E-state index in [0.29, 0.717) is 13.0 Å². The first-order valence-corrected chi connectivity index (χ1v) is 13.0. The van der Waals surface area contributed by atoms with Gasteiger partial charge in [-0.25, -0.2) is 12.8 Å². The van der Waals surface area contributed by atoms with Gasteiger partial charge >= 0.3 is 0 Å². The molecule has 0 aliphatic carbocycles. The van der Waals surface area contributed by atoms with Crippen molar-refractivity contribution in [3.63, 3.8) is 0 Å². The Morgan fingerprint density at radius 1 is 0.971 bits per heavy atom. The van der Waals surface area contributed by atoms with E-state index in [1.54, 1.807) is 13.2 Å². The number of para-hydroxylation sites is 1. The fourth-order valence-electron chi connectivity index (χ4n) is 4.84. The summed E-state index contributed by atoms with van der Waals surface area (Å²) in [5.41, 5.74) is 5.71. The third-order valence-corrected chi connectivity index (χ3v) is 8.58. The van der Waals surface area contributed by atoms with Crippen LogP contribution in [0.1, 0.15) is 23.2 Å². The second-order valence-electron chi connectivity index (χ2n) is 8.68. The summed E-state index contributed by atoms with van der Waals surface area (Å²) >= 11 is 0. The lowest BCUT2D eigenvalue weighted by atomic mass is 9.97. The van der Waals surface area contributed by atoms with Gasteiger partial charge in [0, 0.05) is 41.8 Å². The van der Waals surface area contributed by atoms with E-state index in [1.807, 2.05) is 30.3 Å². The number of fused-ring (bicyclic) bond motifs is 1. The fraction of sp³-hybridized carbons (Fsp3) is 0.214. The van der Waals surface area contributed by atoms with Crippen molar-refractivity contribution in [2.24, 2.45) is 0 Å². The van der Waals surface area contributed by atoms with Gasteiger partial charge in [0.25, 0.3) is 0 Å². The molecule has 1 aliphatic heterocycles. The number of rotatable bonds is 6. The number of hydrogen-bond acceptors (Lipinski definition) is 3. The third kappa shape index (κ3) is 4.26. The van der Waals surface area contributed by atoms with E-state index in [4.69, 9.17) is 4.74 Å². The van der Waals surface area contributed by atoms with Crippen LogP contribution in [0.5, 0.6) is 5.75 Å². The normalized spacial score (nSPS) is 14.8. The number of benzene rings is 3. The monoisotopic (exact) mass is 490 g/mol. The molecule has 0 N–H and O–H groups in total. The Balaban J connectivity index is 1.48. The number of sulfonamides is 1. The van der Waals surface area contributed by atoms with Crippen LogP contribution >= 0.6 is 0 Å². The van der Waals surface area contributed by atoms with Gasteiger partial charge in [-0.2, -0.15) is 4.31 Å². The van der Waals surface area contributed by atoms with Crippen LogP contribution in [-0.2, 0) is 16.6 Å².